The molecule has 20 heavy (non-hydrogen) atoms. The smallest absolute Gasteiger partial charge is 0.309 e. The van der Waals surface area contributed by atoms with E-state index in [0.29, 0.717) is 5.69 Å². The summed E-state index contributed by atoms with van der Waals surface area (Å²) in [6.45, 7) is 0.0226. The van der Waals surface area contributed by atoms with Gasteiger partial charge in [-0.2, -0.15) is 0 Å². The zero-order valence-electron chi connectivity index (χ0n) is 11.6. The summed E-state index contributed by atoms with van der Waals surface area (Å²) in [5.74, 6) is -1.30. The average Bonchev–Trinajstić information content (AvgIpc) is 3.06. The molecule has 1 fully saturated rings. The van der Waals surface area contributed by atoms with Crippen molar-refractivity contribution in [2.45, 2.75) is 37.8 Å². The molecule has 0 bridgehead atoms. The van der Waals surface area contributed by atoms with E-state index in [0.717, 1.165) is 25.7 Å². The van der Waals surface area contributed by atoms with Gasteiger partial charge < -0.3 is 20.3 Å². The molecule has 2 amide bonds. The van der Waals surface area contributed by atoms with Gasteiger partial charge >= 0.3 is 11.8 Å². The summed E-state index contributed by atoms with van der Waals surface area (Å²) >= 11 is 0. The molecule has 0 unspecified atom stereocenters. The lowest BCUT2D eigenvalue weighted by Crippen LogP contribution is -2.44. The van der Waals surface area contributed by atoms with Gasteiger partial charge in [0.25, 0.3) is 0 Å². The largest absolute Gasteiger partial charge is 0.385 e. The van der Waals surface area contributed by atoms with Gasteiger partial charge in [0.2, 0.25) is 0 Å². The molecule has 110 valence electrons. The van der Waals surface area contributed by atoms with Crippen LogP contribution in [0.4, 0.5) is 0 Å². The Morgan fingerprint density at radius 3 is 2.70 bits per heavy atom. The Morgan fingerprint density at radius 1 is 1.40 bits per heavy atom. The van der Waals surface area contributed by atoms with Crippen molar-refractivity contribution in [1.29, 1.82) is 0 Å². The number of hydrogen-bond donors (Lipinski definition) is 3. The molecule has 2 rings (SSSR count). The van der Waals surface area contributed by atoms with Crippen molar-refractivity contribution < 1.29 is 14.7 Å². The maximum Gasteiger partial charge on any atom is 0.309 e. The standard InChI is InChI=1S/C14H21N3O3/c1-17-8-4-7-11(17)12(18)9-15-13(19)14(20)16-10-5-2-3-6-10/h4,7-8,10,12,18H,2-3,5-6,9H2,1H3,(H,15,19)(H,16,20)/t12-/m1/s1. The maximum atomic E-state index is 11.7. The van der Waals surface area contributed by atoms with E-state index in [2.05, 4.69) is 10.6 Å². The number of rotatable bonds is 4. The fraction of sp³-hybridized carbons (Fsp3) is 0.571. The fourth-order valence-corrected chi connectivity index (χ4v) is 2.52. The molecule has 1 aromatic rings. The molecule has 0 saturated heterocycles. The topological polar surface area (TPSA) is 83.4 Å². The summed E-state index contributed by atoms with van der Waals surface area (Å²) < 4.78 is 1.77. The number of aliphatic hydroxyl groups is 1. The summed E-state index contributed by atoms with van der Waals surface area (Å²) in [5.41, 5.74) is 0.696. The highest BCUT2D eigenvalue weighted by molar-refractivity contribution is 6.35. The minimum atomic E-state index is -0.821. The number of hydrogen-bond acceptors (Lipinski definition) is 3. The second-order valence-electron chi connectivity index (χ2n) is 5.22. The summed E-state index contributed by atoms with van der Waals surface area (Å²) in [4.78, 5) is 23.3. The molecule has 1 heterocycles. The predicted octanol–water partition coefficient (Wildman–Crippen LogP) is 0.233. The SMILES string of the molecule is Cn1cccc1[C@H](O)CNC(=O)C(=O)NC1CCCC1. The van der Waals surface area contributed by atoms with Gasteiger partial charge in [-0.1, -0.05) is 12.8 Å². The second-order valence-corrected chi connectivity index (χ2v) is 5.22. The summed E-state index contributed by atoms with van der Waals surface area (Å²) in [7, 11) is 1.81. The number of aliphatic hydroxyl groups excluding tert-OH is 1. The van der Waals surface area contributed by atoms with Gasteiger partial charge in [0.15, 0.2) is 0 Å². The molecule has 1 saturated carbocycles. The summed E-state index contributed by atoms with van der Waals surface area (Å²) in [5, 5.41) is 15.1. The van der Waals surface area contributed by atoms with Gasteiger partial charge in [-0.05, 0) is 25.0 Å². The Labute approximate surface area is 118 Å². The summed E-state index contributed by atoms with van der Waals surface area (Å²) in [6, 6.07) is 3.70. The molecule has 1 aliphatic carbocycles. The Balaban J connectivity index is 1.76. The highest BCUT2D eigenvalue weighted by atomic mass is 16.3. The van der Waals surface area contributed by atoms with Crippen LogP contribution in [0.3, 0.4) is 0 Å². The monoisotopic (exact) mass is 279 g/mol. The van der Waals surface area contributed by atoms with Gasteiger partial charge in [0, 0.05) is 31.5 Å². The lowest BCUT2D eigenvalue weighted by molar-refractivity contribution is -0.139. The molecule has 0 aliphatic heterocycles. The first-order valence-electron chi connectivity index (χ1n) is 6.96. The molecule has 0 spiro atoms. The van der Waals surface area contributed by atoms with Crippen molar-refractivity contribution in [2.24, 2.45) is 7.05 Å². The number of aryl methyl sites for hydroxylation is 1. The van der Waals surface area contributed by atoms with Crippen LogP contribution < -0.4 is 10.6 Å². The number of carbonyl (C=O) groups is 2. The Hall–Kier alpha value is -1.82. The van der Waals surface area contributed by atoms with Crippen LogP contribution in [0.15, 0.2) is 18.3 Å². The lowest BCUT2D eigenvalue weighted by Gasteiger charge is -2.14. The molecule has 0 aromatic carbocycles. The normalized spacial score (nSPS) is 16.9. The number of nitrogens with one attached hydrogen (secondary N) is 2. The number of carbonyl (C=O) groups excluding carboxylic acids is 2. The average molecular weight is 279 g/mol. The predicted molar refractivity (Wildman–Crippen MR) is 73.8 cm³/mol. The summed E-state index contributed by atoms with van der Waals surface area (Å²) in [6.07, 6.45) is 5.05. The fourth-order valence-electron chi connectivity index (χ4n) is 2.52. The van der Waals surface area contributed by atoms with Crippen LogP contribution in [0.2, 0.25) is 0 Å². The van der Waals surface area contributed by atoms with E-state index < -0.39 is 17.9 Å². The zero-order valence-corrected chi connectivity index (χ0v) is 11.6. The van der Waals surface area contributed by atoms with E-state index in [1.807, 2.05) is 19.3 Å². The Bertz CT molecular complexity index is 478. The van der Waals surface area contributed by atoms with E-state index in [9.17, 15) is 14.7 Å². The Kier molecular flexibility index (Phi) is 4.79. The van der Waals surface area contributed by atoms with Crippen LogP contribution in [0.5, 0.6) is 0 Å². The van der Waals surface area contributed by atoms with Crippen molar-refractivity contribution in [1.82, 2.24) is 15.2 Å². The van der Waals surface area contributed by atoms with Gasteiger partial charge in [0.1, 0.15) is 6.10 Å². The molecule has 1 aromatic heterocycles. The van der Waals surface area contributed by atoms with Crippen molar-refractivity contribution in [3.05, 3.63) is 24.0 Å². The van der Waals surface area contributed by atoms with E-state index in [4.69, 9.17) is 0 Å². The molecule has 6 nitrogen and oxygen atoms in total. The van der Waals surface area contributed by atoms with Gasteiger partial charge in [-0.3, -0.25) is 9.59 Å². The zero-order chi connectivity index (χ0) is 14.5. The third-order valence-electron chi connectivity index (χ3n) is 3.68. The van der Waals surface area contributed by atoms with Gasteiger partial charge in [-0.25, -0.2) is 0 Å². The van der Waals surface area contributed by atoms with E-state index in [1.165, 1.54) is 0 Å². The van der Waals surface area contributed by atoms with Crippen LogP contribution in [0.1, 0.15) is 37.5 Å². The minimum Gasteiger partial charge on any atom is -0.385 e. The molecular weight excluding hydrogens is 258 g/mol. The number of amides is 2. The van der Waals surface area contributed by atoms with Crippen LogP contribution in [0.25, 0.3) is 0 Å². The van der Waals surface area contributed by atoms with Crippen LogP contribution >= 0.6 is 0 Å². The minimum absolute atomic E-state index is 0.0226. The van der Waals surface area contributed by atoms with Crippen molar-refractivity contribution in [2.75, 3.05) is 6.54 Å². The number of nitrogens with zero attached hydrogens (tertiary/aromatic N) is 1. The lowest BCUT2D eigenvalue weighted by atomic mass is 10.2. The van der Waals surface area contributed by atoms with E-state index in [-0.39, 0.29) is 12.6 Å². The third kappa shape index (κ3) is 3.60. The third-order valence-corrected chi connectivity index (χ3v) is 3.68. The molecule has 6 heteroatoms. The Morgan fingerprint density at radius 2 is 2.10 bits per heavy atom. The van der Waals surface area contributed by atoms with Crippen LogP contribution in [-0.4, -0.2) is 34.1 Å². The molecule has 0 radical (unpaired) electrons. The first-order valence-corrected chi connectivity index (χ1v) is 6.96. The molecule has 1 atom stereocenters. The van der Waals surface area contributed by atoms with Gasteiger partial charge in [0.05, 0.1) is 0 Å². The van der Waals surface area contributed by atoms with E-state index in [1.54, 1.807) is 10.6 Å². The first-order chi connectivity index (χ1) is 9.58. The second kappa shape index (κ2) is 6.56. The molecule has 1 aliphatic rings. The van der Waals surface area contributed by atoms with Crippen molar-refractivity contribution in [3.8, 4) is 0 Å². The van der Waals surface area contributed by atoms with Crippen molar-refractivity contribution >= 4 is 11.8 Å². The van der Waals surface area contributed by atoms with E-state index >= 15 is 0 Å². The molecule has 3 N–H and O–H groups in total. The molecular formula is C14H21N3O3. The van der Waals surface area contributed by atoms with Crippen LogP contribution in [0, 0.1) is 0 Å². The van der Waals surface area contributed by atoms with Crippen molar-refractivity contribution in [3.63, 3.8) is 0 Å². The maximum absolute atomic E-state index is 11.7. The number of aromatic nitrogens is 1. The first kappa shape index (κ1) is 14.6. The highest BCUT2D eigenvalue weighted by Crippen LogP contribution is 2.17. The van der Waals surface area contributed by atoms with Gasteiger partial charge in [-0.15, -0.1) is 0 Å². The van der Waals surface area contributed by atoms with Crippen LogP contribution in [-0.2, 0) is 16.6 Å². The highest BCUT2D eigenvalue weighted by Gasteiger charge is 2.22. The quantitative estimate of drug-likeness (QED) is 0.690.